The summed E-state index contributed by atoms with van der Waals surface area (Å²) in [6.45, 7) is 1.62. The fraction of sp³-hybridized carbons (Fsp3) is 0.526. The number of carboxylic acid groups (broad SMARTS) is 1. The molecule has 1 aliphatic rings. The van der Waals surface area contributed by atoms with Crippen molar-refractivity contribution in [3.63, 3.8) is 0 Å². The molecule has 0 radical (unpaired) electrons. The van der Waals surface area contributed by atoms with Crippen molar-refractivity contribution < 1.29 is 24.2 Å². The summed E-state index contributed by atoms with van der Waals surface area (Å²) < 4.78 is 5.04. The van der Waals surface area contributed by atoms with Gasteiger partial charge >= 0.3 is 5.97 Å². The number of hydrogen-bond acceptors (Lipinski definition) is 4. The Morgan fingerprint density at radius 3 is 2.54 bits per heavy atom. The number of carbonyl (C=O) groups is 3. The van der Waals surface area contributed by atoms with Gasteiger partial charge in [0.25, 0.3) is 0 Å². The highest BCUT2D eigenvalue weighted by Gasteiger charge is 2.21. The number of nitrogens with one attached hydrogen (secondary N) is 2. The van der Waals surface area contributed by atoms with Gasteiger partial charge in [0.05, 0.1) is 7.11 Å². The minimum absolute atomic E-state index is 0.0133. The summed E-state index contributed by atoms with van der Waals surface area (Å²) in [4.78, 5) is 35.5. The van der Waals surface area contributed by atoms with Crippen molar-refractivity contribution >= 4 is 23.5 Å². The van der Waals surface area contributed by atoms with Crippen molar-refractivity contribution in [3.05, 3.63) is 23.8 Å². The van der Waals surface area contributed by atoms with Gasteiger partial charge in [-0.3, -0.25) is 9.59 Å². The van der Waals surface area contributed by atoms with Crippen LogP contribution in [0.25, 0.3) is 0 Å². The molecule has 0 spiro atoms. The minimum atomic E-state index is -1.11. The summed E-state index contributed by atoms with van der Waals surface area (Å²) in [6.07, 6.45) is 6.18. The fourth-order valence-corrected chi connectivity index (χ4v) is 3.22. The van der Waals surface area contributed by atoms with E-state index in [4.69, 9.17) is 9.84 Å². The van der Waals surface area contributed by atoms with E-state index in [-0.39, 0.29) is 23.1 Å². The fourth-order valence-electron chi connectivity index (χ4n) is 3.22. The molecule has 7 nitrogen and oxygen atoms in total. The van der Waals surface area contributed by atoms with Gasteiger partial charge < -0.3 is 20.5 Å². The van der Waals surface area contributed by atoms with Crippen molar-refractivity contribution in [1.29, 1.82) is 0 Å². The normalized spacial score (nSPS) is 15.8. The molecule has 1 aromatic carbocycles. The minimum Gasteiger partial charge on any atom is -0.496 e. The van der Waals surface area contributed by atoms with Crippen LogP contribution in [0.4, 0.5) is 5.69 Å². The van der Waals surface area contributed by atoms with Crippen molar-refractivity contribution in [2.24, 2.45) is 5.92 Å². The molecule has 1 fully saturated rings. The Morgan fingerprint density at radius 2 is 1.92 bits per heavy atom. The van der Waals surface area contributed by atoms with Gasteiger partial charge in [-0.2, -0.15) is 0 Å². The van der Waals surface area contributed by atoms with E-state index in [9.17, 15) is 14.4 Å². The first-order valence-electron chi connectivity index (χ1n) is 8.92. The first-order valence-corrected chi connectivity index (χ1v) is 8.92. The van der Waals surface area contributed by atoms with E-state index in [1.807, 2.05) is 0 Å². The molecule has 0 bridgehead atoms. The Balaban J connectivity index is 1.89. The van der Waals surface area contributed by atoms with Crippen LogP contribution >= 0.6 is 0 Å². The van der Waals surface area contributed by atoms with Crippen LogP contribution in [-0.2, 0) is 9.59 Å². The number of rotatable bonds is 7. The number of amides is 2. The summed E-state index contributed by atoms with van der Waals surface area (Å²) in [5, 5.41) is 14.5. The van der Waals surface area contributed by atoms with Gasteiger partial charge in [-0.25, -0.2) is 4.79 Å². The summed E-state index contributed by atoms with van der Waals surface area (Å²) in [7, 11) is 1.36. The molecule has 0 heterocycles. The van der Waals surface area contributed by atoms with E-state index < -0.39 is 12.0 Å². The van der Waals surface area contributed by atoms with Crippen molar-refractivity contribution in [2.75, 3.05) is 12.4 Å². The Morgan fingerprint density at radius 1 is 1.23 bits per heavy atom. The van der Waals surface area contributed by atoms with Crippen LogP contribution in [0.15, 0.2) is 18.2 Å². The quantitative estimate of drug-likeness (QED) is 0.692. The number of hydrogen-bond donors (Lipinski definition) is 3. The topological polar surface area (TPSA) is 105 Å². The molecule has 142 valence electrons. The first-order chi connectivity index (χ1) is 12.4. The Labute approximate surface area is 153 Å². The number of carbonyl (C=O) groups excluding carboxylic acids is 2. The molecule has 0 aromatic heterocycles. The van der Waals surface area contributed by atoms with Crippen LogP contribution in [0.5, 0.6) is 5.75 Å². The average molecular weight is 362 g/mol. The maximum Gasteiger partial charge on any atom is 0.339 e. The van der Waals surface area contributed by atoms with E-state index in [2.05, 4.69) is 10.6 Å². The smallest absolute Gasteiger partial charge is 0.339 e. The number of anilines is 1. The van der Waals surface area contributed by atoms with E-state index in [1.165, 1.54) is 44.6 Å². The zero-order valence-electron chi connectivity index (χ0n) is 15.2. The third-order valence-electron chi connectivity index (χ3n) is 4.67. The third kappa shape index (κ3) is 5.47. The van der Waals surface area contributed by atoms with Gasteiger partial charge in [0.1, 0.15) is 17.4 Å². The molecule has 1 atom stereocenters. The van der Waals surface area contributed by atoms with Crippen LogP contribution in [-0.4, -0.2) is 36.0 Å². The summed E-state index contributed by atoms with van der Waals surface area (Å²) >= 11 is 0. The van der Waals surface area contributed by atoms with Gasteiger partial charge in [-0.1, -0.05) is 19.3 Å². The maximum atomic E-state index is 12.3. The molecule has 1 unspecified atom stereocenters. The van der Waals surface area contributed by atoms with Gasteiger partial charge in [-0.15, -0.1) is 0 Å². The molecule has 2 rings (SSSR count). The molecule has 7 heteroatoms. The third-order valence-corrected chi connectivity index (χ3v) is 4.67. The monoisotopic (exact) mass is 362 g/mol. The standard InChI is InChI=1S/C19H26N2O5/c1-12(20-17(22)10-13-6-4-3-5-7-13)18(23)21-14-8-9-15(19(24)25)16(11-14)26-2/h8-9,11-13H,3-7,10H2,1-2H3,(H,20,22)(H,21,23)(H,24,25). The first kappa shape index (κ1) is 19.8. The maximum absolute atomic E-state index is 12.3. The summed E-state index contributed by atoms with van der Waals surface area (Å²) in [6, 6.07) is 3.61. The van der Waals surface area contributed by atoms with Crippen LogP contribution in [0.3, 0.4) is 0 Å². The lowest BCUT2D eigenvalue weighted by Crippen LogP contribution is -2.42. The Bertz CT molecular complexity index is 668. The highest BCUT2D eigenvalue weighted by Crippen LogP contribution is 2.26. The average Bonchev–Trinajstić information content (AvgIpc) is 2.61. The lowest BCUT2D eigenvalue weighted by atomic mass is 9.87. The second kappa shape index (κ2) is 9.22. The van der Waals surface area contributed by atoms with Gasteiger partial charge in [0, 0.05) is 18.2 Å². The number of carboxylic acids is 1. The van der Waals surface area contributed by atoms with Crippen LogP contribution < -0.4 is 15.4 Å². The highest BCUT2D eigenvalue weighted by molar-refractivity contribution is 5.98. The Kier molecular flexibility index (Phi) is 7.00. The van der Waals surface area contributed by atoms with E-state index in [1.54, 1.807) is 6.92 Å². The predicted octanol–water partition coefficient (Wildman–Crippen LogP) is 2.81. The van der Waals surface area contributed by atoms with Gasteiger partial charge in [-0.05, 0) is 37.8 Å². The van der Waals surface area contributed by atoms with E-state index >= 15 is 0 Å². The largest absolute Gasteiger partial charge is 0.496 e. The zero-order valence-corrected chi connectivity index (χ0v) is 15.2. The molecule has 0 aliphatic heterocycles. The van der Waals surface area contributed by atoms with Crippen molar-refractivity contribution in [3.8, 4) is 5.75 Å². The lowest BCUT2D eigenvalue weighted by Gasteiger charge is -2.22. The van der Waals surface area contributed by atoms with Crippen LogP contribution in [0, 0.1) is 5.92 Å². The Hall–Kier alpha value is -2.57. The van der Waals surface area contributed by atoms with Crippen molar-refractivity contribution in [1.82, 2.24) is 5.32 Å². The van der Waals surface area contributed by atoms with Crippen LogP contribution in [0.2, 0.25) is 0 Å². The van der Waals surface area contributed by atoms with E-state index in [0.29, 0.717) is 18.0 Å². The number of ether oxygens (including phenoxy) is 1. The lowest BCUT2D eigenvalue weighted by molar-refractivity contribution is -0.126. The number of benzene rings is 1. The predicted molar refractivity (Wildman–Crippen MR) is 97.4 cm³/mol. The van der Waals surface area contributed by atoms with Gasteiger partial charge in [0.2, 0.25) is 11.8 Å². The molecule has 1 aliphatic carbocycles. The van der Waals surface area contributed by atoms with Crippen LogP contribution in [0.1, 0.15) is 55.8 Å². The molecular formula is C19H26N2O5. The molecule has 0 saturated heterocycles. The van der Waals surface area contributed by atoms with E-state index in [0.717, 1.165) is 12.8 Å². The molecule has 3 N–H and O–H groups in total. The second-order valence-corrected chi connectivity index (χ2v) is 6.71. The second-order valence-electron chi connectivity index (χ2n) is 6.71. The molecule has 1 aromatic rings. The SMILES string of the molecule is COc1cc(NC(=O)C(C)NC(=O)CC2CCCCC2)ccc1C(=O)O. The number of aromatic carboxylic acids is 1. The molecule has 26 heavy (non-hydrogen) atoms. The molecule has 1 saturated carbocycles. The zero-order chi connectivity index (χ0) is 19.1. The van der Waals surface area contributed by atoms with Crippen molar-refractivity contribution in [2.45, 2.75) is 51.5 Å². The summed E-state index contributed by atoms with van der Waals surface area (Å²) in [5.41, 5.74) is 0.421. The number of methoxy groups -OCH3 is 1. The summed E-state index contributed by atoms with van der Waals surface area (Å²) in [5.74, 6) is -1.02. The molecule has 2 amide bonds. The molecular weight excluding hydrogens is 336 g/mol. The highest BCUT2D eigenvalue weighted by atomic mass is 16.5. The van der Waals surface area contributed by atoms with Gasteiger partial charge in [0.15, 0.2) is 0 Å².